The maximum Gasteiger partial charge on any atom is 0.230 e. The van der Waals surface area contributed by atoms with E-state index in [0.29, 0.717) is 5.75 Å². The van der Waals surface area contributed by atoms with Gasteiger partial charge in [0.1, 0.15) is 0 Å². The highest BCUT2D eigenvalue weighted by molar-refractivity contribution is 8.04. The molecule has 1 aliphatic rings. The number of nitrogens with one attached hydrogen (secondary N) is 1. The zero-order chi connectivity index (χ0) is 9.36. The molecule has 1 saturated heterocycles. The predicted molar refractivity (Wildman–Crippen MR) is 65.0 cm³/mol. The van der Waals surface area contributed by atoms with Crippen LogP contribution in [0, 0.1) is 0 Å². The van der Waals surface area contributed by atoms with Gasteiger partial charge in [0.05, 0.1) is 5.75 Å². The van der Waals surface area contributed by atoms with Gasteiger partial charge >= 0.3 is 0 Å². The number of carbonyl (C=O) groups is 1. The summed E-state index contributed by atoms with van der Waals surface area (Å²) in [6, 6.07) is 0. The first-order chi connectivity index (χ1) is 6.39. The maximum absolute atomic E-state index is 11.2. The maximum atomic E-state index is 11.2. The Hall–Kier alpha value is 0.520. The van der Waals surface area contributed by atoms with Gasteiger partial charge in [-0.2, -0.15) is 35.3 Å². The second kappa shape index (κ2) is 7.88. The summed E-state index contributed by atoms with van der Waals surface area (Å²) in [6.45, 7) is 0.828. The van der Waals surface area contributed by atoms with Crippen LogP contribution in [0.1, 0.15) is 0 Å². The van der Waals surface area contributed by atoms with Crippen LogP contribution in [-0.2, 0) is 4.79 Å². The molecule has 0 aromatic rings. The summed E-state index contributed by atoms with van der Waals surface area (Å²) in [5, 5.41) is 2.91. The third-order valence-corrected chi connectivity index (χ3v) is 4.99. The molecule has 1 rings (SSSR count). The van der Waals surface area contributed by atoms with E-state index in [2.05, 4.69) is 5.32 Å². The second-order valence-corrected chi connectivity index (χ2v) is 6.18. The zero-order valence-corrected chi connectivity index (χ0v) is 10.0. The van der Waals surface area contributed by atoms with Crippen molar-refractivity contribution in [1.29, 1.82) is 0 Å². The van der Waals surface area contributed by atoms with Gasteiger partial charge in [-0.15, -0.1) is 0 Å². The molecule has 0 spiro atoms. The van der Waals surface area contributed by atoms with Crippen LogP contribution in [0.15, 0.2) is 0 Å². The first-order valence-electron chi connectivity index (χ1n) is 4.39. The van der Waals surface area contributed by atoms with Crippen molar-refractivity contribution >= 4 is 41.2 Å². The third-order valence-electron chi connectivity index (χ3n) is 1.55. The molecule has 2 nitrogen and oxygen atoms in total. The molecule has 0 bridgehead atoms. The highest BCUT2D eigenvalue weighted by atomic mass is 32.2. The smallest absolute Gasteiger partial charge is 0.230 e. The fourth-order valence-electron chi connectivity index (χ4n) is 0.918. The van der Waals surface area contributed by atoms with Crippen molar-refractivity contribution in [2.24, 2.45) is 0 Å². The molecule has 0 aliphatic carbocycles. The lowest BCUT2D eigenvalue weighted by molar-refractivity contribution is -0.118. The molecule has 0 aromatic heterocycles. The van der Waals surface area contributed by atoms with E-state index < -0.39 is 0 Å². The van der Waals surface area contributed by atoms with E-state index in [1.807, 2.05) is 23.5 Å². The van der Waals surface area contributed by atoms with Crippen LogP contribution in [-0.4, -0.2) is 47.0 Å². The molecule has 0 atom stereocenters. The minimum atomic E-state index is 0.191. The lowest BCUT2D eigenvalue weighted by Crippen LogP contribution is -2.27. The van der Waals surface area contributed by atoms with Crippen molar-refractivity contribution in [3.05, 3.63) is 0 Å². The van der Waals surface area contributed by atoms with Gasteiger partial charge < -0.3 is 5.32 Å². The fraction of sp³-hybridized carbons (Fsp3) is 0.875. The average Bonchev–Trinajstić information content (AvgIpc) is 2.11. The molecule has 0 aromatic carbocycles. The Labute approximate surface area is 92.4 Å². The Kier molecular flexibility index (Phi) is 7.03. The van der Waals surface area contributed by atoms with E-state index in [0.717, 1.165) is 18.1 Å². The Balaban J connectivity index is 2.14. The number of thioether (sulfide) groups is 3. The zero-order valence-electron chi connectivity index (χ0n) is 7.58. The lowest BCUT2D eigenvalue weighted by Gasteiger charge is -2.07. The average molecular weight is 237 g/mol. The van der Waals surface area contributed by atoms with Crippen molar-refractivity contribution in [3.63, 3.8) is 0 Å². The van der Waals surface area contributed by atoms with Crippen LogP contribution in [0.3, 0.4) is 0 Å². The number of hydrogen-bond acceptors (Lipinski definition) is 4. The van der Waals surface area contributed by atoms with Crippen molar-refractivity contribution in [1.82, 2.24) is 5.32 Å². The third kappa shape index (κ3) is 6.57. The lowest BCUT2D eigenvalue weighted by atomic mass is 10.6. The Morgan fingerprint density at radius 1 is 0.923 bits per heavy atom. The van der Waals surface area contributed by atoms with Crippen LogP contribution in [0.25, 0.3) is 0 Å². The molecule has 5 heteroatoms. The van der Waals surface area contributed by atoms with Gasteiger partial charge in [-0.05, 0) is 0 Å². The topological polar surface area (TPSA) is 29.1 Å². The minimum absolute atomic E-state index is 0.191. The Morgan fingerprint density at radius 3 is 2.31 bits per heavy atom. The molecule has 1 heterocycles. The molecule has 76 valence electrons. The van der Waals surface area contributed by atoms with Gasteiger partial charge in [0.25, 0.3) is 0 Å². The number of hydrogen-bond donors (Lipinski definition) is 1. The standard InChI is InChI=1S/C8H15NOS3/c10-8-7-13-6-5-12-4-3-11-2-1-9-8/h1-7H2,(H,9,10). The van der Waals surface area contributed by atoms with E-state index in [9.17, 15) is 4.79 Å². The summed E-state index contributed by atoms with van der Waals surface area (Å²) in [6.07, 6.45) is 0. The molecule has 0 saturated carbocycles. The predicted octanol–water partition coefficient (Wildman–Crippen LogP) is 1.32. The number of carbonyl (C=O) groups excluding carboxylic acids is 1. The van der Waals surface area contributed by atoms with Crippen LogP contribution in [0.4, 0.5) is 0 Å². The van der Waals surface area contributed by atoms with Crippen LogP contribution in [0.2, 0.25) is 0 Å². The van der Waals surface area contributed by atoms with Gasteiger partial charge in [0.15, 0.2) is 0 Å². The van der Waals surface area contributed by atoms with Crippen LogP contribution < -0.4 is 5.32 Å². The van der Waals surface area contributed by atoms with Crippen LogP contribution >= 0.6 is 35.3 Å². The van der Waals surface area contributed by atoms with E-state index in [1.54, 1.807) is 11.8 Å². The quantitative estimate of drug-likeness (QED) is 0.688. The van der Waals surface area contributed by atoms with Gasteiger partial charge in [0, 0.05) is 35.3 Å². The summed E-state index contributed by atoms with van der Waals surface area (Å²) in [5.41, 5.74) is 0. The minimum Gasteiger partial charge on any atom is -0.355 e. The van der Waals surface area contributed by atoms with Gasteiger partial charge in [-0.25, -0.2) is 0 Å². The summed E-state index contributed by atoms with van der Waals surface area (Å²) >= 11 is 5.66. The monoisotopic (exact) mass is 237 g/mol. The van der Waals surface area contributed by atoms with E-state index >= 15 is 0 Å². The van der Waals surface area contributed by atoms with E-state index in [1.165, 1.54) is 17.3 Å². The van der Waals surface area contributed by atoms with Gasteiger partial charge in [-0.1, -0.05) is 0 Å². The fourth-order valence-corrected chi connectivity index (χ4v) is 3.89. The molecule has 1 aliphatic heterocycles. The highest BCUT2D eigenvalue weighted by Gasteiger charge is 2.02. The SMILES string of the molecule is O=C1CSCCSCCSCCN1. The van der Waals surface area contributed by atoms with Gasteiger partial charge in [0.2, 0.25) is 5.91 Å². The number of amides is 1. The van der Waals surface area contributed by atoms with Crippen molar-refractivity contribution < 1.29 is 4.79 Å². The Morgan fingerprint density at radius 2 is 1.54 bits per heavy atom. The largest absolute Gasteiger partial charge is 0.355 e. The number of rotatable bonds is 0. The molecule has 0 unspecified atom stereocenters. The van der Waals surface area contributed by atoms with Crippen molar-refractivity contribution in [2.75, 3.05) is 41.1 Å². The molecular formula is C8H15NOS3. The van der Waals surface area contributed by atoms with Crippen molar-refractivity contribution in [2.45, 2.75) is 0 Å². The second-order valence-electron chi connectivity index (χ2n) is 2.63. The first kappa shape index (κ1) is 11.6. The molecular weight excluding hydrogens is 222 g/mol. The van der Waals surface area contributed by atoms with Crippen LogP contribution in [0.5, 0.6) is 0 Å². The molecule has 1 amide bonds. The normalized spacial score (nSPS) is 22.6. The Bertz CT molecular complexity index is 140. The molecule has 1 N–H and O–H groups in total. The summed E-state index contributed by atoms with van der Waals surface area (Å²) in [7, 11) is 0. The summed E-state index contributed by atoms with van der Waals surface area (Å²) in [4.78, 5) is 11.2. The van der Waals surface area contributed by atoms with E-state index in [4.69, 9.17) is 0 Å². The highest BCUT2D eigenvalue weighted by Crippen LogP contribution is 2.10. The van der Waals surface area contributed by atoms with Crippen molar-refractivity contribution in [3.8, 4) is 0 Å². The summed E-state index contributed by atoms with van der Waals surface area (Å²) in [5.74, 6) is 6.62. The molecule has 0 radical (unpaired) electrons. The van der Waals surface area contributed by atoms with Gasteiger partial charge in [-0.3, -0.25) is 4.79 Å². The first-order valence-corrected chi connectivity index (χ1v) is 7.86. The molecule has 13 heavy (non-hydrogen) atoms. The molecule has 1 fully saturated rings. The summed E-state index contributed by atoms with van der Waals surface area (Å²) < 4.78 is 0. The van der Waals surface area contributed by atoms with E-state index in [-0.39, 0.29) is 5.91 Å².